The molecule has 9 heteroatoms. The number of nitrogens with one attached hydrogen (secondary N) is 3. The summed E-state index contributed by atoms with van der Waals surface area (Å²) in [5.41, 5.74) is 2.41. The van der Waals surface area contributed by atoms with E-state index in [0.29, 0.717) is 25.2 Å². The summed E-state index contributed by atoms with van der Waals surface area (Å²) in [6, 6.07) is 28.0. The lowest BCUT2D eigenvalue weighted by molar-refractivity contribution is -0.127. The molecule has 0 saturated heterocycles. The minimum absolute atomic E-state index is 0.361. The van der Waals surface area contributed by atoms with Gasteiger partial charge in [-0.2, -0.15) is 0 Å². The molecule has 9 nitrogen and oxygen atoms in total. The Morgan fingerprint density at radius 1 is 0.867 bits per heavy atom. The van der Waals surface area contributed by atoms with Gasteiger partial charge in [0.15, 0.2) is 5.82 Å². The number of hydrogen-bond acceptors (Lipinski definition) is 5. The molecule has 0 aliphatic rings. The highest BCUT2D eigenvalue weighted by molar-refractivity contribution is 5.89. The summed E-state index contributed by atoms with van der Waals surface area (Å²) in [6.45, 7) is 9.31. The van der Waals surface area contributed by atoms with Gasteiger partial charge in [0.25, 0.3) is 0 Å². The van der Waals surface area contributed by atoms with E-state index in [9.17, 15) is 9.59 Å². The van der Waals surface area contributed by atoms with Crippen molar-refractivity contribution in [2.45, 2.75) is 77.6 Å². The van der Waals surface area contributed by atoms with Crippen molar-refractivity contribution in [3.63, 3.8) is 0 Å². The Labute approximate surface area is 264 Å². The summed E-state index contributed by atoms with van der Waals surface area (Å²) < 4.78 is 7.57. The number of rotatable bonds is 11. The van der Waals surface area contributed by atoms with Crippen LogP contribution in [0, 0.1) is 0 Å². The summed E-state index contributed by atoms with van der Waals surface area (Å²) in [4.78, 5) is 29.9. The van der Waals surface area contributed by atoms with Crippen LogP contribution in [0.15, 0.2) is 91.1 Å². The van der Waals surface area contributed by atoms with Crippen molar-refractivity contribution in [1.29, 1.82) is 0 Å². The number of alkyl carbamates (subject to hydrolysis) is 1. The molecule has 3 aromatic carbocycles. The number of H-pyrrole nitrogens is 1. The summed E-state index contributed by atoms with van der Waals surface area (Å²) >= 11 is 0. The van der Waals surface area contributed by atoms with Gasteiger partial charge in [-0.05, 0) is 63.8 Å². The molecule has 0 unspecified atom stereocenters. The number of nitrogens with zero attached hydrogens (tertiary/aromatic N) is 3. The molecule has 0 aliphatic carbocycles. The molecular formula is C36H42N6O3. The first-order valence-corrected chi connectivity index (χ1v) is 15.4. The Morgan fingerprint density at radius 3 is 2.20 bits per heavy atom. The lowest BCUT2D eigenvalue weighted by Crippen LogP contribution is -2.56. The van der Waals surface area contributed by atoms with Crippen LogP contribution in [0.2, 0.25) is 0 Å². The fourth-order valence-electron chi connectivity index (χ4n) is 5.33. The number of carbonyl (C=O) groups excluding carboxylic acids is 2. The molecule has 0 radical (unpaired) electrons. The first-order valence-electron chi connectivity index (χ1n) is 15.4. The molecule has 0 saturated carbocycles. The highest BCUT2D eigenvalue weighted by Crippen LogP contribution is 2.26. The number of carbonyl (C=O) groups is 2. The second-order valence-corrected chi connectivity index (χ2v) is 12.9. The molecule has 5 aromatic rings. The third kappa shape index (κ3) is 8.17. The van der Waals surface area contributed by atoms with Crippen LogP contribution in [-0.4, -0.2) is 42.9 Å². The molecule has 0 fully saturated rings. The molecular weight excluding hydrogens is 564 g/mol. The summed E-state index contributed by atoms with van der Waals surface area (Å²) in [5.74, 6) is 1.11. The van der Waals surface area contributed by atoms with Crippen molar-refractivity contribution in [3.8, 4) is 0 Å². The normalized spacial score (nSPS) is 12.6. The number of aryl methyl sites for hydroxylation is 1. The van der Waals surface area contributed by atoms with Gasteiger partial charge in [-0.1, -0.05) is 78.9 Å². The molecule has 5 rings (SSSR count). The molecule has 2 aromatic heterocycles. The average Bonchev–Trinajstić information content (AvgIpc) is 3.59. The number of aromatic amines is 1. The molecule has 2 amide bonds. The maximum absolute atomic E-state index is 13.9. The number of benzene rings is 3. The maximum Gasteiger partial charge on any atom is 0.408 e. The van der Waals surface area contributed by atoms with Gasteiger partial charge in [0.1, 0.15) is 17.0 Å². The van der Waals surface area contributed by atoms with E-state index in [2.05, 4.69) is 55.6 Å². The standard InChI is InChI=1S/C36H42N6O3/c1-35(2,3)45-34(44)39-36(4,5)33(43)38-30(23-27-24-37-29-19-13-12-18-28(27)29)32-41-40-31(22-26-16-10-7-11-17-26)42(32)21-20-25-14-8-6-9-15-25/h6-19,24,30,37H,20-23H2,1-5H3,(H,38,43)(H,39,44)/t30-/m1/s1. The number of fused-ring (bicyclic) bond motifs is 1. The largest absolute Gasteiger partial charge is 0.444 e. The van der Waals surface area contributed by atoms with E-state index in [4.69, 9.17) is 9.84 Å². The van der Waals surface area contributed by atoms with Gasteiger partial charge in [-0.3, -0.25) is 4.79 Å². The van der Waals surface area contributed by atoms with E-state index in [1.807, 2.05) is 60.8 Å². The van der Waals surface area contributed by atoms with Gasteiger partial charge in [-0.15, -0.1) is 10.2 Å². The SMILES string of the molecule is CC(C)(C)OC(=O)NC(C)(C)C(=O)N[C@H](Cc1c[nH]c2ccccc12)c1nnc(Cc2ccccc2)n1CCc1ccccc1. The van der Waals surface area contributed by atoms with Crippen LogP contribution in [0.4, 0.5) is 4.79 Å². The summed E-state index contributed by atoms with van der Waals surface area (Å²) in [5, 5.41) is 16.4. The van der Waals surface area contributed by atoms with Crippen molar-refractivity contribution in [2.75, 3.05) is 0 Å². The Morgan fingerprint density at radius 2 is 1.51 bits per heavy atom. The molecule has 0 aliphatic heterocycles. The molecule has 0 bridgehead atoms. The number of ether oxygens (including phenoxy) is 1. The van der Waals surface area contributed by atoms with Crippen LogP contribution in [0.25, 0.3) is 10.9 Å². The molecule has 1 atom stereocenters. The summed E-state index contributed by atoms with van der Waals surface area (Å²) in [6.07, 6.45) is 3.15. The van der Waals surface area contributed by atoms with Crippen LogP contribution in [0.5, 0.6) is 0 Å². The number of hydrogen-bond donors (Lipinski definition) is 3. The monoisotopic (exact) mass is 606 g/mol. The van der Waals surface area contributed by atoms with Crippen molar-refractivity contribution in [3.05, 3.63) is 119 Å². The topological polar surface area (TPSA) is 114 Å². The number of aromatic nitrogens is 4. The number of para-hydroxylation sites is 1. The zero-order chi connectivity index (χ0) is 32.0. The minimum atomic E-state index is -1.26. The predicted octanol–water partition coefficient (Wildman–Crippen LogP) is 6.30. The van der Waals surface area contributed by atoms with Gasteiger partial charge in [0, 0.05) is 36.5 Å². The van der Waals surface area contributed by atoms with E-state index >= 15 is 0 Å². The van der Waals surface area contributed by atoms with Crippen LogP contribution < -0.4 is 10.6 Å². The molecule has 3 N–H and O–H groups in total. The molecule has 0 spiro atoms. The van der Waals surface area contributed by atoms with Crippen LogP contribution in [0.3, 0.4) is 0 Å². The van der Waals surface area contributed by atoms with Crippen molar-refractivity contribution >= 4 is 22.9 Å². The predicted molar refractivity (Wildman–Crippen MR) is 176 cm³/mol. The van der Waals surface area contributed by atoms with Crippen molar-refractivity contribution < 1.29 is 14.3 Å². The van der Waals surface area contributed by atoms with Gasteiger partial charge >= 0.3 is 6.09 Å². The van der Waals surface area contributed by atoms with Crippen LogP contribution >= 0.6 is 0 Å². The smallest absolute Gasteiger partial charge is 0.408 e. The lowest BCUT2D eigenvalue weighted by Gasteiger charge is -2.29. The van der Waals surface area contributed by atoms with E-state index in [0.717, 1.165) is 34.3 Å². The Balaban J connectivity index is 1.50. The van der Waals surface area contributed by atoms with E-state index in [1.165, 1.54) is 5.56 Å². The Kier molecular flexibility index (Phi) is 9.37. The van der Waals surface area contributed by atoms with Crippen LogP contribution in [-0.2, 0) is 35.3 Å². The van der Waals surface area contributed by atoms with Gasteiger partial charge in [0.2, 0.25) is 5.91 Å². The van der Waals surface area contributed by atoms with E-state index < -0.39 is 23.3 Å². The van der Waals surface area contributed by atoms with Gasteiger partial charge in [0.05, 0.1) is 6.04 Å². The second kappa shape index (κ2) is 13.4. The first-order chi connectivity index (χ1) is 21.5. The van der Waals surface area contributed by atoms with Crippen LogP contribution in [0.1, 0.15) is 69.0 Å². The van der Waals surface area contributed by atoms with E-state index in [-0.39, 0.29) is 5.91 Å². The van der Waals surface area contributed by atoms with E-state index in [1.54, 1.807) is 34.6 Å². The highest BCUT2D eigenvalue weighted by Gasteiger charge is 2.35. The second-order valence-electron chi connectivity index (χ2n) is 12.9. The molecule has 2 heterocycles. The molecule has 45 heavy (non-hydrogen) atoms. The first kappa shape index (κ1) is 31.5. The average molecular weight is 607 g/mol. The van der Waals surface area contributed by atoms with Gasteiger partial charge in [-0.25, -0.2) is 4.79 Å². The van der Waals surface area contributed by atoms with Crippen molar-refractivity contribution in [2.24, 2.45) is 0 Å². The zero-order valence-electron chi connectivity index (χ0n) is 26.6. The minimum Gasteiger partial charge on any atom is -0.444 e. The quantitative estimate of drug-likeness (QED) is 0.163. The van der Waals surface area contributed by atoms with Crippen molar-refractivity contribution in [1.82, 2.24) is 30.4 Å². The third-order valence-electron chi connectivity index (χ3n) is 7.63. The fraction of sp³-hybridized carbons (Fsp3) is 0.333. The Bertz CT molecular complexity index is 1740. The Hall–Kier alpha value is -4.92. The highest BCUT2D eigenvalue weighted by atomic mass is 16.6. The fourth-order valence-corrected chi connectivity index (χ4v) is 5.33. The maximum atomic E-state index is 13.9. The third-order valence-corrected chi connectivity index (χ3v) is 7.63. The zero-order valence-corrected chi connectivity index (χ0v) is 26.6. The van der Waals surface area contributed by atoms with Gasteiger partial charge < -0.3 is 24.9 Å². The summed E-state index contributed by atoms with van der Waals surface area (Å²) in [7, 11) is 0. The lowest BCUT2D eigenvalue weighted by atomic mass is 10.0. The molecule has 234 valence electrons. The number of amides is 2.